The maximum Gasteiger partial charge on any atom is 0.260 e. The highest BCUT2D eigenvalue weighted by atomic mass is 16.6. The molecule has 0 aromatic heterocycles. The Balaban J connectivity index is 2.20. The molecule has 98 valence electrons. The molecule has 0 aromatic rings. The normalized spacial score (nSPS) is 18.1. The van der Waals surface area contributed by atoms with Crippen molar-refractivity contribution in [2.75, 3.05) is 6.61 Å². The van der Waals surface area contributed by atoms with Crippen molar-refractivity contribution in [3.05, 3.63) is 0 Å². The molecule has 1 fully saturated rings. The zero-order valence-corrected chi connectivity index (χ0v) is 11.0. The van der Waals surface area contributed by atoms with Gasteiger partial charge in [0.1, 0.15) is 0 Å². The first-order valence-corrected chi connectivity index (χ1v) is 6.69. The summed E-state index contributed by atoms with van der Waals surface area (Å²) in [5, 5.41) is 6.92. The highest BCUT2D eigenvalue weighted by Gasteiger charge is 2.08. The Hall–Kier alpha value is -1.06. The minimum absolute atomic E-state index is 0.0356. The Labute approximate surface area is 104 Å². The number of carbonyl (C=O) groups is 1. The van der Waals surface area contributed by atoms with Crippen molar-refractivity contribution < 1.29 is 9.63 Å². The van der Waals surface area contributed by atoms with Crippen LogP contribution in [-0.2, 0) is 9.63 Å². The average molecular weight is 240 g/mol. The summed E-state index contributed by atoms with van der Waals surface area (Å²) in [6.07, 6.45) is 7.93. The molecule has 1 saturated carbocycles. The summed E-state index contributed by atoms with van der Waals surface area (Å²) in [4.78, 5) is 16.5. The molecule has 1 unspecified atom stereocenters. The quantitative estimate of drug-likeness (QED) is 0.593. The van der Waals surface area contributed by atoms with Gasteiger partial charge in [-0.2, -0.15) is 0 Å². The van der Waals surface area contributed by atoms with Crippen LogP contribution < -0.4 is 5.32 Å². The van der Waals surface area contributed by atoms with Crippen LogP contribution >= 0.6 is 0 Å². The summed E-state index contributed by atoms with van der Waals surface area (Å²) in [6.45, 7) is 4.06. The summed E-state index contributed by atoms with van der Waals surface area (Å²) < 4.78 is 0. The number of hydrogen-bond acceptors (Lipinski definition) is 3. The van der Waals surface area contributed by atoms with Gasteiger partial charge in [0.15, 0.2) is 6.61 Å². The van der Waals surface area contributed by atoms with Crippen molar-refractivity contribution in [2.24, 2.45) is 5.16 Å². The second-order valence-corrected chi connectivity index (χ2v) is 4.72. The topological polar surface area (TPSA) is 50.7 Å². The number of oxime groups is 1. The van der Waals surface area contributed by atoms with Crippen molar-refractivity contribution in [2.45, 2.75) is 64.8 Å². The van der Waals surface area contributed by atoms with E-state index in [1.807, 2.05) is 13.8 Å². The molecule has 4 heteroatoms. The van der Waals surface area contributed by atoms with Gasteiger partial charge in [0.25, 0.3) is 5.91 Å². The molecule has 1 atom stereocenters. The van der Waals surface area contributed by atoms with Crippen molar-refractivity contribution in [3.8, 4) is 0 Å². The van der Waals surface area contributed by atoms with Crippen molar-refractivity contribution in [3.63, 3.8) is 0 Å². The second-order valence-electron chi connectivity index (χ2n) is 4.72. The van der Waals surface area contributed by atoms with Gasteiger partial charge < -0.3 is 10.2 Å². The molecular weight excluding hydrogens is 216 g/mol. The molecule has 1 amide bonds. The minimum Gasteiger partial charge on any atom is -0.386 e. The molecule has 0 aliphatic heterocycles. The lowest BCUT2D eigenvalue weighted by Crippen LogP contribution is -2.34. The van der Waals surface area contributed by atoms with Crippen LogP contribution in [0, 0.1) is 0 Å². The van der Waals surface area contributed by atoms with E-state index < -0.39 is 0 Å². The molecule has 1 N–H and O–H groups in total. The van der Waals surface area contributed by atoms with Gasteiger partial charge in [-0.15, -0.1) is 0 Å². The fourth-order valence-corrected chi connectivity index (χ4v) is 1.83. The molecule has 0 heterocycles. The van der Waals surface area contributed by atoms with E-state index in [-0.39, 0.29) is 18.6 Å². The maximum atomic E-state index is 11.4. The first-order valence-electron chi connectivity index (χ1n) is 6.69. The molecule has 1 aliphatic rings. The lowest BCUT2D eigenvalue weighted by atomic mass is 10.2. The van der Waals surface area contributed by atoms with Crippen molar-refractivity contribution in [1.82, 2.24) is 5.32 Å². The van der Waals surface area contributed by atoms with Crippen LogP contribution in [0.1, 0.15) is 58.8 Å². The number of amides is 1. The third kappa shape index (κ3) is 6.29. The Morgan fingerprint density at radius 2 is 2.00 bits per heavy atom. The molecule has 1 rings (SSSR count). The zero-order chi connectivity index (χ0) is 12.5. The smallest absolute Gasteiger partial charge is 0.260 e. The number of carbonyl (C=O) groups excluding carboxylic acids is 1. The third-order valence-corrected chi connectivity index (χ3v) is 3.09. The number of nitrogens with one attached hydrogen (secondary N) is 1. The summed E-state index contributed by atoms with van der Waals surface area (Å²) in [6, 6.07) is 0.205. The van der Waals surface area contributed by atoms with Crippen LogP contribution in [0.2, 0.25) is 0 Å². The second kappa shape index (κ2) is 8.09. The van der Waals surface area contributed by atoms with Gasteiger partial charge in [-0.25, -0.2) is 0 Å². The molecule has 0 radical (unpaired) electrons. The first-order chi connectivity index (χ1) is 8.22. The summed E-state index contributed by atoms with van der Waals surface area (Å²) >= 11 is 0. The largest absolute Gasteiger partial charge is 0.386 e. The van der Waals surface area contributed by atoms with Gasteiger partial charge in [0.2, 0.25) is 0 Å². The maximum absolute atomic E-state index is 11.4. The van der Waals surface area contributed by atoms with Crippen LogP contribution in [0.4, 0.5) is 0 Å². The van der Waals surface area contributed by atoms with Gasteiger partial charge in [-0.1, -0.05) is 24.9 Å². The minimum atomic E-state index is -0.0858. The molecule has 4 nitrogen and oxygen atoms in total. The fraction of sp³-hybridized carbons (Fsp3) is 0.846. The number of rotatable bonds is 5. The average Bonchev–Trinajstić information content (AvgIpc) is 2.57. The van der Waals surface area contributed by atoms with E-state index in [1.165, 1.54) is 25.7 Å². The Morgan fingerprint density at radius 1 is 1.35 bits per heavy atom. The molecule has 0 saturated heterocycles. The standard InChI is InChI=1S/C13H24N2O2/c1-3-11(2)14-13(16)10-17-15-12-8-6-4-5-7-9-12/h11H,3-10H2,1-2H3,(H,14,16). The Kier molecular flexibility index (Phi) is 6.67. The van der Waals surface area contributed by atoms with E-state index in [1.54, 1.807) is 0 Å². The highest BCUT2D eigenvalue weighted by Crippen LogP contribution is 2.14. The van der Waals surface area contributed by atoms with Crippen LogP contribution in [0.25, 0.3) is 0 Å². The molecule has 0 spiro atoms. The highest BCUT2D eigenvalue weighted by molar-refractivity contribution is 5.84. The fourth-order valence-electron chi connectivity index (χ4n) is 1.83. The van der Waals surface area contributed by atoms with Gasteiger partial charge in [0, 0.05) is 6.04 Å². The van der Waals surface area contributed by atoms with Crippen molar-refractivity contribution >= 4 is 11.6 Å². The summed E-state index contributed by atoms with van der Waals surface area (Å²) in [5.74, 6) is -0.0858. The lowest BCUT2D eigenvalue weighted by Gasteiger charge is -2.10. The monoisotopic (exact) mass is 240 g/mol. The predicted octanol–water partition coefficient (Wildman–Crippen LogP) is 2.63. The van der Waals surface area contributed by atoms with Crippen LogP contribution in [0.3, 0.4) is 0 Å². The molecular formula is C13H24N2O2. The number of hydrogen-bond donors (Lipinski definition) is 1. The first kappa shape index (κ1) is 14.0. The molecule has 0 bridgehead atoms. The zero-order valence-electron chi connectivity index (χ0n) is 11.0. The number of nitrogens with zero attached hydrogens (tertiary/aromatic N) is 1. The van der Waals surface area contributed by atoms with Gasteiger partial charge >= 0.3 is 0 Å². The lowest BCUT2D eigenvalue weighted by molar-refractivity contribution is -0.126. The molecule has 0 aromatic carbocycles. The Morgan fingerprint density at radius 3 is 2.59 bits per heavy atom. The summed E-state index contributed by atoms with van der Waals surface area (Å²) in [5.41, 5.74) is 1.11. The van der Waals surface area contributed by atoms with Crippen LogP contribution in [-0.4, -0.2) is 24.3 Å². The van der Waals surface area contributed by atoms with Crippen molar-refractivity contribution in [1.29, 1.82) is 0 Å². The van der Waals surface area contributed by atoms with Crippen LogP contribution in [0.15, 0.2) is 5.16 Å². The van der Waals surface area contributed by atoms with E-state index in [0.717, 1.165) is 25.0 Å². The van der Waals surface area contributed by atoms with Gasteiger partial charge in [-0.3, -0.25) is 4.79 Å². The molecule has 17 heavy (non-hydrogen) atoms. The molecule has 1 aliphatic carbocycles. The van der Waals surface area contributed by atoms with Crippen LogP contribution in [0.5, 0.6) is 0 Å². The van der Waals surface area contributed by atoms with E-state index in [9.17, 15) is 4.79 Å². The predicted molar refractivity (Wildman–Crippen MR) is 69.0 cm³/mol. The third-order valence-electron chi connectivity index (χ3n) is 3.09. The van der Waals surface area contributed by atoms with Gasteiger partial charge in [-0.05, 0) is 39.0 Å². The Bertz CT molecular complexity index is 254. The van der Waals surface area contributed by atoms with E-state index >= 15 is 0 Å². The van der Waals surface area contributed by atoms with Gasteiger partial charge in [0.05, 0.1) is 5.71 Å². The SMILES string of the molecule is CCC(C)NC(=O)CON=C1CCCCCC1. The van der Waals surface area contributed by atoms with E-state index in [2.05, 4.69) is 10.5 Å². The van der Waals surface area contributed by atoms with E-state index in [4.69, 9.17) is 4.84 Å². The summed E-state index contributed by atoms with van der Waals surface area (Å²) in [7, 11) is 0. The van der Waals surface area contributed by atoms with E-state index in [0.29, 0.717) is 0 Å².